The van der Waals surface area contributed by atoms with E-state index >= 15 is 0 Å². The molecule has 3 aromatic carbocycles. The molecule has 0 radical (unpaired) electrons. The highest BCUT2D eigenvalue weighted by molar-refractivity contribution is 6.23. The summed E-state index contributed by atoms with van der Waals surface area (Å²) in [6.07, 6.45) is 1.57. The van der Waals surface area contributed by atoms with E-state index in [9.17, 15) is 14.7 Å². The van der Waals surface area contributed by atoms with Crippen molar-refractivity contribution in [1.82, 2.24) is 5.32 Å². The number of carbonyl (C=O) groups is 2. The summed E-state index contributed by atoms with van der Waals surface area (Å²) in [5.74, 6) is -1.05. The van der Waals surface area contributed by atoms with E-state index in [1.807, 2.05) is 54.6 Å². The molecule has 0 aromatic heterocycles. The number of nitrogens with one attached hydrogen (secondary N) is 1. The summed E-state index contributed by atoms with van der Waals surface area (Å²) in [5.41, 5.74) is 2.59. The molecule has 1 saturated heterocycles. The van der Waals surface area contributed by atoms with Crippen LogP contribution in [0.3, 0.4) is 0 Å². The zero-order chi connectivity index (χ0) is 25.1. The molecule has 4 aliphatic rings. The molecule has 2 fully saturated rings. The summed E-state index contributed by atoms with van der Waals surface area (Å²) in [6.45, 7) is 4.41. The first-order chi connectivity index (χ1) is 17.5. The zero-order valence-electron chi connectivity index (χ0n) is 20.2. The lowest BCUT2D eigenvalue weighted by molar-refractivity contribution is -0.158. The van der Waals surface area contributed by atoms with E-state index in [1.165, 1.54) is 0 Å². The van der Waals surface area contributed by atoms with Gasteiger partial charge in [0.05, 0.1) is 18.6 Å². The van der Waals surface area contributed by atoms with Gasteiger partial charge in [-0.25, -0.2) is 0 Å². The number of methoxy groups -OCH3 is 1. The lowest BCUT2D eigenvalue weighted by Gasteiger charge is -2.60. The second-order valence-electron chi connectivity index (χ2n) is 10.2. The topological polar surface area (TPSA) is 75.6 Å². The van der Waals surface area contributed by atoms with Crippen LogP contribution in [-0.4, -0.2) is 36.6 Å². The number of hydrogen-bond donors (Lipinski definition) is 2. The van der Waals surface area contributed by atoms with Gasteiger partial charge < -0.3 is 15.2 Å². The summed E-state index contributed by atoms with van der Waals surface area (Å²) in [5, 5.41) is 14.3. The third-order valence-electron chi connectivity index (χ3n) is 9.00. The Balaban J connectivity index is 1.56. The number of rotatable bonds is 6. The van der Waals surface area contributed by atoms with Crippen LogP contribution in [0.25, 0.3) is 5.57 Å². The van der Waals surface area contributed by atoms with E-state index in [-0.39, 0.29) is 18.2 Å². The minimum atomic E-state index is -1.09. The maximum Gasteiger partial charge on any atom is 0.311 e. The fourth-order valence-corrected chi connectivity index (χ4v) is 7.63. The molecule has 7 rings (SSSR count). The lowest BCUT2D eigenvalue weighted by Crippen LogP contribution is -2.62. The summed E-state index contributed by atoms with van der Waals surface area (Å²) < 4.78 is 5.50. The van der Waals surface area contributed by atoms with Gasteiger partial charge in [-0.1, -0.05) is 79.4 Å². The van der Waals surface area contributed by atoms with Gasteiger partial charge in [-0.2, -0.15) is 0 Å². The fraction of sp³-hybridized carbons (Fsp3) is 0.290. The highest BCUT2D eigenvalue weighted by Crippen LogP contribution is 2.69. The van der Waals surface area contributed by atoms with Crippen molar-refractivity contribution >= 4 is 17.3 Å². The van der Waals surface area contributed by atoms with Gasteiger partial charge in [0.25, 0.3) is 0 Å². The maximum atomic E-state index is 14.2. The van der Waals surface area contributed by atoms with Gasteiger partial charge in [0, 0.05) is 34.9 Å². The van der Waals surface area contributed by atoms with Crippen molar-refractivity contribution in [2.45, 2.75) is 30.2 Å². The van der Waals surface area contributed by atoms with Crippen LogP contribution in [0, 0.1) is 11.3 Å². The van der Waals surface area contributed by atoms with E-state index in [2.05, 4.69) is 36.2 Å². The van der Waals surface area contributed by atoms with Gasteiger partial charge in [-0.15, -0.1) is 0 Å². The van der Waals surface area contributed by atoms with Gasteiger partial charge >= 0.3 is 5.97 Å². The van der Waals surface area contributed by atoms with Crippen molar-refractivity contribution in [3.63, 3.8) is 0 Å². The number of fused-ring (bicyclic) bond motifs is 1. The molecule has 1 aliphatic heterocycles. The lowest BCUT2D eigenvalue weighted by atomic mass is 9.41. The molecule has 1 unspecified atom stereocenters. The number of ether oxygens (including phenoxy) is 1. The van der Waals surface area contributed by atoms with Gasteiger partial charge in [0.1, 0.15) is 5.75 Å². The van der Waals surface area contributed by atoms with Gasteiger partial charge in [-0.3, -0.25) is 9.59 Å². The van der Waals surface area contributed by atoms with Crippen molar-refractivity contribution in [2.24, 2.45) is 11.3 Å². The molecular formula is C31H29NO4. The first-order valence-electron chi connectivity index (χ1n) is 12.4. The van der Waals surface area contributed by atoms with Crippen LogP contribution in [0.15, 0.2) is 85.4 Å². The largest absolute Gasteiger partial charge is 0.496 e. The van der Waals surface area contributed by atoms with Crippen molar-refractivity contribution in [1.29, 1.82) is 0 Å². The van der Waals surface area contributed by atoms with E-state index in [0.29, 0.717) is 16.9 Å². The van der Waals surface area contributed by atoms with Gasteiger partial charge in [-0.05, 0) is 35.6 Å². The maximum absolute atomic E-state index is 14.2. The molecule has 1 heterocycles. The molecular weight excluding hydrogens is 450 g/mol. The molecule has 5 nitrogen and oxygen atoms in total. The van der Waals surface area contributed by atoms with E-state index < -0.39 is 28.8 Å². The van der Waals surface area contributed by atoms with Crippen molar-refractivity contribution in [3.8, 4) is 5.75 Å². The number of para-hydroxylation sites is 1. The Morgan fingerprint density at radius 1 is 1.00 bits per heavy atom. The first kappa shape index (κ1) is 22.7. The Hall–Kier alpha value is -3.70. The highest BCUT2D eigenvalue weighted by atomic mass is 16.5. The molecule has 5 heteroatoms. The summed E-state index contributed by atoms with van der Waals surface area (Å²) >= 11 is 0. The molecule has 1 saturated carbocycles. The molecule has 2 N–H and O–H groups in total. The summed E-state index contributed by atoms with van der Waals surface area (Å²) in [4.78, 5) is 27.4. The molecule has 2 bridgehead atoms. The van der Waals surface area contributed by atoms with E-state index in [1.54, 1.807) is 7.11 Å². The number of hydrogen-bond acceptors (Lipinski definition) is 4. The Morgan fingerprint density at radius 3 is 2.44 bits per heavy atom. The summed E-state index contributed by atoms with van der Waals surface area (Å²) in [6, 6.07) is 25.1. The third-order valence-corrected chi connectivity index (χ3v) is 9.00. The number of carboxylic acids is 1. The first-order valence-corrected chi connectivity index (χ1v) is 12.4. The van der Waals surface area contributed by atoms with Crippen LogP contribution in [0.4, 0.5) is 0 Å². The van der Waals surface area contributed by atoms with Gasteiger partial charge in [0.2, 0.25) is 0 Å². The predicted octanol–water partition coefficient (Wildman–Crippen LogP) is 4.81. The number of ketones is 1. The molecule has 3 aliphatic carbocycles. The normalized spacial score (nSPS) is 29.8. The molecule has 36 heavy (non-hydrogen) atoms. The molecule has 0 spiro atoms. The fourth-order valence-electron chi connectivity index (χ4n) is 7.63. The Morgan fingerprint density at radius 2 is 1.69 bits per heavy atom. The van der Waals surface area contributed by atoms with Crippen LogP contribution in [0.2, 0.25) is 0 Å². The van der Waals surface area contributed by atoms with Crippen LogP contribution < -0.4 is 10.1 Å². The number of benzene rings is 3. The molecule has 3 aromatic rings. The predicted molar refractivity (Wildman–Crippen MR) is 138 cm³/mol. The minimum Gasteiger partial charge on any atom is -0.496 e. The highest BCUT2D eigenvalue weighted by Gasteiger charge is 2.72. The third kappa shape index (κ3) is 2.80. The number of Topliss-reactive ketones (excluding diaryl/α,β-unsaturated/α-hetero) is 1. The van der Waals surface area contributed by atoms with E-state index in [4.69, 9.17) is 4.74 Å². The Bertz CT molecular complexity index is 1380. The molecule has 5 atom stereocenters. The van der Waals surface area contributed by atoms with Crippen LogP contribution in [0.5, 0.6) is 5.75 Å². The summed E-state index contributed by atoms with van der Waals surface area (Å²) in [7, 11) is 1.57. The smallest absolute Gasteiger partial charge is 0.311 e. The molecule has 182 valence electrons. The Kier molecular flexibility index (Phi) is 5.16. The van der Waals surface area contributed by atoms with Gasteiger partial charge in [0.15, 0.2) is 5.78 Å². The molecule has 0 amide bonds. The zero-order valence-corrected chi connectivity index (χ0v) is 20.2. The van der Waals surface area contributed by atoms with Crippen LogP contribution >= 0.6 is 0 Å². The quantitative estimate of drug-likeness (QED) is 0.496. The number of carbonyl (C=O) groups excluding carboxylic acids is 1. The Labute approximate surface area is 210 Å². The van der Waals surface area contributed by atoms with E-state index in [0.717, 1.165) is 29.5 Å². The van der Waals surface area contributed by atoms with Crippen molar-refractivity contribution < 1.29 is 19.4 Å². The monoisotopic (exact) mass is 479 g/mol. The van der Waals surface area contributed by atoms with Crippen LogP contribution in [0.1, 0.15) is 41.0 Å². The van der Waals surface area contributed by atoms with Crippen molar-refractivity contribution in [3.05, 3.63) is 108 Å². The number of aliphatic carboxylic acids is 1. The second kappa shape index (κ2) is 8.17. The van der Waals surface area contributed by atoms with Crippen molar-refractivity contribution in [2.75, 3.05) is 13.7 Å². The number of carboxylic acid groups (broad SMARTS) is 1. The second-order valence-corrected chi connectivity index (χ2v) is 10.2. The average Bonchev–Trinajstić information content (AvgIpc) is 3.37. The van der Waals surface area contributed by atoms with Crippen LogP contribution in [-0.2, 0) is 15.0 Å². The SMILES string of the molecule is C=C(C(=O)C1NC[C@]2(C(=O)O)[C@@H]3CC[C@@](c4ccccc4)(c4ccccc43)[C@H]12)c1ccccc1OC. The standard InChI is InChI=1S/C31H29NO4/c1-19(21-12-7-9-15-25(21)36-2)27(33)26-28-30(20-10-4-3-5-11-20)17-16-24(22-13-6-8-14-23(22)30)31(28,18-32-26)29(34)35/h3-15,24,26,28,32H,1,16-18H2,2H3,(H,34,35)/t24-,26?,28+,30-,31+/m1/s1. The average molecular weight is 480 g/mol. The minimum absolute atomic E-state index is 0.161.